The van der Waals surface area contributed by atoms with Crippen molar-refractivity contribution in [3.05, 3.63) is 0 Å². The molecule has 2 saturated carbocycles. The van der Waals surface area contributed by atoms with Crippen LogP contribution in [0.5, 0.6) is 0 Å². The molecule has 2 aliphatic carbocycles. The van der Waals surface area contributed by atoms with Crippen molar-refractivity contribution in [1.82, 2.24) is 5.32 Å². The van der Waals surface area contributed by atoms with E-state index in [2.05, 4.69) is 5.32 Å². The van der Waals surface area contributed by atoms with Gasteiger partial charge in [-0.25, -0.2) is 0 Å². The van der Waals surface area contributed by atoms with Gasteiger partial charge in [-0.3, -0.25) is 0 Å². The summed E-state index contributed by atoms with van der Waals surface area (Å²) in [5, 5.41) is 12.9. The van der Waals surface area contributed by atoms with Crippen molar-refractivity contribution in [2.75, 3.05) is 0 Å². The summed E-state index contributed by atoms with van der Waals surface area (Å²) in [6.07, 6.45) is 8.94. The molecule has 0 aliphatic heterocycles. The Morgan fingerprint density at radius 3 is 2.17 bits per heavy atom. The molecule has 0 aromatic heterocycles. The summed E-state index contributed by atoms with van der Waals surface area (Å²) in [4.78, 5) is 0. The van der Waals surface area contributed by atoms with E-state index < -0.39 is 0 Å². The van der Waals surface area contributed by atoms with E-state index in [0.717, 1.165) is 6.42 Å². The maximum absolute atomic E-state index is 9.38. The molecule has 0 heterocycles. The van der Waals surface area contributed by atoms with E-state index in [4.69, 9.17) is 0 Å². The number of nitrogens with one attached hydrogen (secondary N) is 1. The lowest BCUT2D eigenvalue weighted by Gasteiger charge is -2.37. The van der Waals surface area contributed by atoms with Gasteiger partial charge in [-0.1, -0.05) is 19.3 Å². The largest absolute Gasteiger partial charge is 0.392 e. The summed E-state index contributed by atoms with van der Waals surface area (Å²) in [6.45, 7) is 0. The number of aliphatic hydroxyl groups is 1. The van der Waals surface area contributed by atoms with Gasteiger partial charge in [-0.15, -0.1) is 0 Å². The second-order valence-corrected chi connectivity index (χ2v) is 4.25. The number of hydrogen-bond donors (Lipinski definition) is 2. The monoisotopic (exact) mass is 169 g/mol. The molecule has 0 unspecified atom stereocenters. The molecule has 2 heteroatoms. The highest BCUT2D eigenvalue weighted by Crippen LogP contribution is 2.24. The van der Waals surface area contributed by atoms with Crippen molar-refractivity contribution in [2.24, 2.45) is 0 Å². The van der Waals surface area contributed by atoms with E-state index in [0.29, 0.717) is 12.1 Å². The minimum Gasteiger partial charge on any atom is -0.392 e. The molecule has 0 saturated heterocycles. The fourth-order valence-corrected chi connectivity index (χ4v) is 2.25. The average molecular weight is 169 g/mol. The summed E-state index contributed by atoms with van der Waals surface area (Å²) >= 11 is 0. The van der Waals surface area contributed by atoms with Gasteiger partial charge in [0.05, 0.1) is 6.10 Å². The third kappa shape index (κ3) is 1.80. The lowest BCUT2D eigenvalue weighted by molar-refractivity contribution is 0.0411. The zero-order valence-electron chi connectivity index (χ0n) is 7.63. The Morgan fingerprint density at radius 1 is 0.917 bits per heavy atom. The van der Waals surface area contributed by atoms with Crippen LogP contribution in [0.3, 0.4) is 0 Å². The Kier molecular flexibility index (Phi) is 2.66. The smallest absolute Gasteiger partial charge is 0.0693 e. The Balaban J connectivity index is 1.70. The molecular formula is C10H19NO. The highest BCUT2D eigenvalue weighted by atomic mass is 16.3. The van der Waals surface area contributed by atoms with Crippen LogP contribution in [-0.4, -0.2) is 23.3 Å². The van der Waals surface area contributed by atoms with Crippen LogP contribution in [0.4, 0.5) is 0 Å². The molecule has 2 rings (SSSR count). The first kappa shape index (κ1) is 8.52. The first-order valence-electron chi connectivity index (χ1n) is 5.30. The molecule has 0 amide bonds. The molecule has 12 heavy (non-hydrogen) atoms. The minimum absolute atomic E-state index is 0.0491. The fraction of sp³-hybridized carbons (Fsp3) is 1.00. The minimum atomic E-state index is -0.0491. The van der Waals surface area contributed by atoms with Crippen molar-refractivity contribution in [2.45, 2.75) is 63.1 Å². The van der Waals surface area contributed by atoms with Crippen LogP contribution in [0.15, 0.2) is 0 Å². The number of aliphatic hydroxyl groups excluding tert-OH is 1. The van der Waals surface area contributed by atoms with E-state index >= 15 is 0 Å². The molecule has 0 aromatic carbocycles. The van der Waals surface area contributed by atoms with Gasteiger partial charge >= 0.3 is 0 Å². The third-order valence-corrected chi connectivity index (χ3v) is 3.29. The molecular weight excluding hydrogens is 150 g/mol. The predicted molar refractivity (Wildman–Crippen MR) is 49.0 cm³/mol. The molecule has 2 nitrogen and oxygen atoms in total. The van der Waals surface area contributed by atoms with E-state index in [1.807, 2.05) is 0 Å². The van der Waals surface area contributed by atoms with Crippen molar-refractivity contribution >= 4 is 0 Å². The van der Waals surface area contributed by atoms with Gasteiger partial charge in [0, 0.05) is 12.1 Å². The zero-order chi connectivity index (χ0) is 8.39. The maximum atomic E-state index is 9.38. The van der Waals surface area contributed by atoms with Gasteiger partial charge in [0.2, 0.25) is 0 Å². The normalized spacial score (nSPS) is 37.8. The van der Waals surface area contributed by atoms with Crippen LogP contribution in [0, 0.1) is 0 Å². The standard InChI is InChI=1S/C10H19NO/c12-10-7-6-9(10)11-8-4-2-1-3-5-8/h8-12H,1-7H2/t9-,10-/m1/s1. The van der Waals surface area contributed by atoms with E-state index in [1.165, 1.54) is 38.5 Å². The summed E-state index contributed by atoms with van der Waals surface area (Å²) in [5.41, 5.74) is 0. The lowest BCUT2D eigenvalue weighted by Crippen LogP contribution is -2.52. The third-order valence-electron chi connectivity index (χ3n) is 3.29. The molecule has 0 aromatic rings. The lowest BCUT2D eigenvalue weighted by atomic mass is 9.86. The highest BCUT2D eigenvalue weighted by molar-refractivity contribution is 4.89. The second kappa shape index (κ2) is 3.75. The Labute approximate surface area is 74.4 Å². The van der Waals surface area contributed by atoms with Gasteiger partial charge in [-0.05, 0) is 25.7 Å². The van der Waals surface area contributed by atoms with E-state index in [-0.39, 0.29) is 6.10 Å². The van der Waals surface area contributed by atoms with Gasteiger partial charge < -0.3 is 10.4 Å². The van der Waals surface area contributed by atoms with Crippen LogP contribution in [0.25, 0.3) is 0 Å². The van der Waals surface area contributed by atoms with Gasteiger partial charge in [0.1, 0.15) is 0 Å². The topological polar surface area (TPSA) is 32.3 Å². The van der Waals surface area contributed by atoms with Gasteiger partial charge in [0.25, 0.3) is 0 Å². The number of rotatable bonds is 2. The van der Waals surface area contributed by atoms with Crippen molar-refractivity contribution in [3.8, 4) is 0 Å². The maximum Gasteiger partial charge on any atom is 0.0693 e. The van der Waals surface area contributed by atoms with Crippen LogP contribution in [0.1, 0.15) is 44.9 Å². The molecule has 2 fully saturated rings. The average Bonchev–Trinajstić information content (AvgIpc) is 2.14. The molecule has 0 spiro atoms. The molecule has 2 aliphatic rings. The first-order valence-corrected chi connectivity index (χ1v) is 5.30. The Bertz CT molecular complexity index is 143. The highest BCUT2D eigenvalue weighted by Gasteiger charge is 2.30. The van der Waals surface area contributed by atoms with Crippen molar-refractivity contribution in [3.63, 3.8) is 0 Å². The van der Waals surface area contributed by atoms with Crippen molar-refractivity contribution < 1.29 is 5.11 Å². The quantitative estimate of drug-likeness (QED) is 0.655. The Morgan fingerprint density at radius 2 is 1.67 bits per heavy atom. The zero-order valence-corrected chi connectivity index (χ0v) is 7.63. The summed E-state index contributed by atoms with van der Waals surface area (Å²) in [5.74, 6) is 0. The first-order chi connectivity index (χ1) is 5.86. The summed E-state index contributed by atoms with van der Waals surface area (Å²) in [6, 6.07) is 1.13. The SMILES string of the molecule is O[C@@H]1CC[C@H]1NC1CCCCC1. The van der Waals surface area contributed by atoms with Gasteiger partial charge in [0.15, 0.2) is 0 Å². The van der Waals surface area contributed by atoms with Crippen LogP contribution in [-0.2, 0) is 0 Å². The Hall–Kier alpha value is -0.0800. The fourth-order valence-electron chi connectivity index (χ4n) is 2.25. The molecule has 70 valence electrons. The van der Waals surface area contributed by atoms with Crippen molar-refractivity contribution in [1.29, 1.82) is 0 Å². The van der Waals surface area contributed by atoms with Gasteiger partial charge in [-0.2, -0.15) is 0 Å². The molecule has 0 radical (unpaired) electrons. The summed E-state index contributed by atoms with van der Waals surface area (Å²) < 4.78 is 0. The summed E-state index contributed by atoms with van der Waals surface area (Å²) in [7, 11) is 0. The molecule has 2 N–H and O–H groups in total. The van der Waals surface area contributed by atoms with E-state index in [9.17, 15) is 5.11 Å². The molecule has 2 atom stereocenters. The second-order valence-electron chi connectivity index (χ2n) is 4.25. The van der Waals surface area contributed by atoms with E-state index in [1.54, 1.807) is 0 Å². The molecule has 0 bridgehead atoms. The predicted octanol–water partition coefficient (Wildman–Crippen LogP) is 1.43. The number of hydrogen-bond acceptors (Lipinski definition) is 2. The van der Waals surface area contributed by atoms with Crippen LogP contribution >= 0.6 is 0 Å². The van der Waals surface area contributed by atoms with Crippen LogP contribution in [0.2, 0.25) is 0 Å². The van der Waals surface area contributed by atoms with Crippen LogP contribution < -0.4 is 5.32 Å².